The van der Waals surface area contributed by atoms with Gasteiger partial charge in [0.2, 0.25) is 10.4 Å². The van der Waals surface area contributed by atoms with Gasteiger partial charge in [0.1, 0.15) is 0 Å². The Morgan fingerprint density at radius 3 is 1.62 bits per heavy atom. The molecular weight excluding hydrogens is 198 g/mol. The zero-order valence-corrected chi connectivity index (χ0v) is 9.42. The first kappa shape index (κ1) is 15.3. The first-order valence-corrected chi connectivity index (χ1v) is 4.94. The molecule has 0 aliphatic rings. The van der Waals surface area contributed by atoms with Crippen LogP contribution in [0.25, 0.3) is 0 Å². The van der Waals surface area contributed by atoms with Crippen LogP contribution in [0.2, 0.25) is 0 Å². The summed E-state index contributed by atoms with van der Waals surface area (Å²) >= 11 is 0. The van der Waals surface area contributed by atoms with Gasteiger partial charge in [0, 0.05) is 0 Å². The molecule has 0 saturated heterocycles. The lowest BCUT2D eigenvalue weighted by Gasteiger charge is -2.20. The maximum absolute atomic E-state index is 9.33. The quantitative estimate of drug-likeness (QED) is 0.213. The average Bonchev–Trinajstić information content (AvgIpc) is 1.84. The molecule has 13 heavy (non-hydrogen) atoms. The second kappa shape index (κ2) is 6.28. The van der Waals surface area contributed by atoms with Crippen LogP contribution in [0.15, 0.2) is 0 Å². The van der Waals surface area contributed by atoms with E-state index in [1.165, 1.54) is 6.54 Å². The highest BCUT2D eigenvalue weighted by Gasteiger charge is 1.97. The maximum atomic E-state index is 9.33. The van der Waals surface area contributed by atoms with Crippen LogP contribution in [-0.4, -0.2) is 52.3 Å². The van der Waals surface area contributed by atoms with Crippen molar-refractivity contribution in [1.29, 1.82) is 0 Å². The third-order valence-electron chi connectivity index (χ3n) is 1.10. The molecule has 0 aromatic rings. The second-order valence-corrected chi connectivity index (χ2v) is 4.20. The van der Waals surface area contributed by atoms with E-state index < -0.39 is 10.4 Å². The lowest BCUT2D eigenvalue weighted by molar-refractivity contribution is -0.868. The molecule has 0 aliphatic heterocycles. The summed E-state index contributed by atoms with van der Waals surface area (Å²) in [4.78, 5) is 3.51. The summed E-state index contributed by atoms with van der Waals surface area (Å²) in [6.45, 7) is 3.39. The maximum Gasteiger partial charge on any atom is 0.245 e. The second-order valence-electron chi connectivity index (χ2n) is 3.25. The third-order valence-corrected chi connectivity index (χ3v) is 1.40. The molecule has 6 nitrogen and oxygen atoms in total. The molecule has 0 rings (SSSR count). The van der Waals surface area contributed by atoms with Crippen molar-refractivity contribution in [3.05, 3.63) is 0 Å². The third kappa shape index (κ3) is 24.5. The van der Waals surface area contributed by atoms with Crippen LogP contribution in [-0.2, 0) is 19.6 Å². The van der Waals surface area contributed by atoms with Crippen LogP contribution < -0.4 is 0 Å². The Kier molecular flexibility index (Phi) is 7.37. The Morgan fingerprint density at radius 1 is 1.31 bits per heavy atom. The molecule has 0 bridgehead atoms. The van der Waals surface area contributed by atoms with Crippen molar-refractivity contribution in [1.82, 2.24) is 0 Å². The molecule has 0 spiro atoms. The summed E-state index contributed by atoms with van der Waals surface area (Å²) in [5, 5.41) is 0. The van der Waals surface area contributed by atoms with Gasteiger partial charge < -0.3 is 9.04 Å². The predicted molar refractivity (Wildman–Crippen MR) is 46.4 cm³/mol. The molecule has 0 aliphatic carbocycles. The van der Waals surface area contributed by atoms with Gasteiger partial charge in [-0.2, -0.15) is 0 Å². The van der Waals surface area contributed by atoms with Crippen LogP contribution in [0.5, 0.6) is 0 Å². The van der Waals surface area contributed by atoms with Crippen LogP contribution in [0.4, 0.5) is 0 Å². The molecule has 0 radical (unpaired) electrons. The molecule has 0 N–H and O–H groups in total. The zero-order valence-electron chi connectivity index (χ0n) is 8.60. The largest absolute Gasteiger partial charge is 0.724 e. The standard InChI is InChI=1S/C5H14N.CH4O5S/c1-5-6(2,3)4;1-5-6-7(2,3)4/h5H2,1-4H3;1H3,(H,2,3,4)/q+1;/p-1. The van der Waals surface area contributed by atoms with Crippen molar-refractivity contribution in [3.63, 3.8) is 0 Å². The average molecular weight is 215 g/mol. The molecule has 82 valence electrons. The first-order chi connectivity index (χ1) is 5.62. The molecule has 0 aromatic heterocycles. The Bertz CT molecular complexity index is 206. The van der Waals surface area contributed by atoms with Crippen LogP contribution in [0, 0.1) is 0 Å². The summed E-state index contributed by atoms with van der Waals surface area (Å²) in [6.07, 6.45) is 0. The van der Waals surface area contributed by atoms with Gasteiger partial charge in [0.05, 0.1) is 34.8 Å². The minimum absolute atomic E-state index is 0.926. The van der Waals surface area contributed by atoms with E-state index in [1.807, 2.05) is 0 Å². The summed E-state index contributed by atoms with van der Waals surface area (Å²) < 4.78 is 32.2. The summed E-state index contributed by atoms with van der Waals surface area (Å²) in [6, 6.07) is 0. The smallest absolute Gasteiger partial charge is 0.245 e. The van der Waals surface area contributed by atoms with Crippen LogP contribution in [0.3, 0.4) is 0 Å². The predicted octanol–water partition coefficient (Wildman–Crippen LogP) is -0.263. The lowest BCUT2D eigenvalue weighted by Crippen LogP contribution is -2.33. The Hall–Kier alpha value is -0.210. The van der Waals surface area contributed by atoms with Gasteiger partial charge in [-0.25, -0.2) is 13.3 Å². The van der Waals surface area contributed by atoms with E-state index in [0.29, 0.717) is 0 Å². The highest BCUT2D eigenvalue weighted by Crippen LogP contribution is 1.83. The van der Waals surface area contributed by atoms with E-state index in [4.69, 9.17) is 0 Å². The Morgan fingerprint density at radius 2 is 1.62 bits per heavy atom. The van der Waals surface area contributed by atoms with Crippen molar-refractivity contribution in [2.24, 2.45) is 0 Å². The van der Waals surface area contributed by atoms with E-state index in [-0.39, 0.29) is 0 Å². The SMILES string of the molecule is CC[N+](C)(C)C.COOS(=O)(=O)[O-]. The number of rotatable bonds is 3. The van der Waals surface area contributed by atoms with E-state index in [9.17, 15) is 13.0 Å². The first-order valence-electron chi connectivity index (χ1n) is 3.61. The summed E-state index contributed by atoms with van der Waals surface area (Å²) in [5.41, 5.74) is 0. The number of quaternary nitrogens is 1. The van der Waals surface area contributed by atoms with E-state index in [2.05, 4.69) is 37.3 Å². The van der Waals surface area contributed by atoms with Gasteiger partial charge in [-0.05, 0) is 6.92 Å². The topological polar surface area (TPSA) is 75.7 Å². The summed E-state index contributed by atoms with van der Waals surface area (Å²) in [7, 11) is 2.82. The minimum Gasteiger partial charge on any atom is -0.724 e. The van der Waals surface area contributed by atoms with Crippen molar-refractivity contribution in [3.8, 4) is 0 Å². The Labute approximate surface area is 79.5 Å². The highest BCUT2D eigenvalue weighted by atomic mass is 32.3. The Balaban J connectivity index is 0. The van der Waals surface area contributed by atoms with Crippen LogP contribution in [0.1, 0.15) is 6.92 Å². The number of nitrogens with zero attached hydrogens (tertiary/aromatic N) is 1. The van der Waals surface area contributed by atoms with Crippen molar-refractivity contribution >= 4 is 10.4 Å². The molecule has 0 saturated carbocycles. The normalized spacial score (nSPS) is 11.8. The fourth-order valence-electron chi connectivity index (χ4n) is 0.0833. The molecule has 0 unspecified atom stereocenters. The van der Waals surface area contributed by atoms with Gasteiger partial charge in [-0.15, -0.1) is 4.33 Å². The molecule has 7 heteroatoms. The van der Waals surface area contributed by atoms with Gasteiger partial charge in [0.25, 0.3) is 0 Å². The lowest BCUT2D eigenvalue weighted by atomic mass is 10.6. The zero-order chi connectivity index (χ0) is 11.1. The number of hydrogen-bond acceptors (Lipinski definition) is 5. The van der Waals surface area contributed by atoms with Crippen molar-refractivity contribution in [2.45, 2.75) is 6.92 Å². The minimum atomic E-state index is -4.65. The van der Waals surface area contributed by atoms with Gasteiger partial charge in [-0.3, -0.25) is 0 Å². The number of hydrogen-bond donors (Lipinski definition) is 0. The van der Waals surface area contributed by atoms with Gasteiger partial charge in [0.15, 0.2) is 0 Å². The summed E-state index contributed by atoms with van der Waals surface area (Å²) in [5.74, 6) is 0. The molecule has 0 fully saturated rings. The monoisotopic (exact) mass is 215 g/mol. The molecule has 0 heterocycles. The van der Waals surface area contributed by atoms with Crippen molar-refractivity contribution < 1.29 is 26.7 Å². The van der Waals surface area contributed by atoms with E-state index in [1.54, 1.807) is 0 Å². The fraction of sp³-hybridized carbons (Fsp3) is 1.00. The molecule has 0 aromatic carbocycles. The molecule has 0 amide bonds. The van der Waals surface area contributed by atoms with Gasteiger partial charge >= 0.3 is 0 Å². The van der Waals surface area contributed by atoms with E-state index >= 15 is 0 Å². The molecular formula is C6H17NO5S. The van der Waals surface area contributed by atoms with Gasteiger partial charge in [-0.1, -0.05) is 0 Å². The highest BCUT2D eigenvalue weighted by molar-refractivity contribution is 7.80. The van der Waals surface area contributed by atoms with Crippen LogP contribution >= 0.6 is 0 Å². The molecule has 0 atom stereocenters. The fourth-order valence-corrected chi connectivity index (χ4v) is 0.250. The van der Waals surface area contributed by atoms with E-state index in [0.717, 1.165) is 11.6 Å². The van der Waals surface area contributed by atoms with Crippen molar-refractivity contribution in [2.75, 3.05) is 34.8 Å².